The predicted molar refractivity (Wildman–Crippen MR) is 101 cm³/mol. The Balaban J connectivity index is 1.83. The van der Waals surface area contributed by atoms with Crippen molar-refractivity contribution in [3.05, 3.63) is 40.3 Å². The van der Waals surface area contributed by atoms with Gasteiger partial charge in [-0.25, -0.2) is 0 Å². The van der Waals surface area contributed by atoms with E-state index >= 15 is 0 Å². The summed E-state index contributed by atoms with van der Waals surface area (Å²) in [5.41, 5.74) is 9.50. The van der Waals surface area contributed by atoms with Crippen molar-refractivity contribution >= 4 is 33.6 Å². The van der Waals surface area contributed by atoms with E-state index in [0.717, 1.165) is 52.9 Å². The van der Waals surface area contributed by atoms with Crippen LogP contribution in [0.25, 0.3) is 0 Å². The number of hydrogen-bond acceptors (Lipinski definition) is 5. The molecule has 0 spiro atoms. The van der Waals surface area contributed by atoms with Gasteiger partial charge in [-0.2, -0.15) is 0 Å². The summed E-state index contributed by atoms with van der Waals surface area (Å²) in [6.07, 6.45) is 0. The normalized spacial score (nSPS) is 15.5. The fraction of sp³-hybridized carbons (Fsp3) is 0.389. The standard InChI is InChI=1S/C18H24N4OS/c1-12-4-5-16(15(19)10-12)20-17-14(11-13(2)24-17)18(23)22-8-6-21(3)7-9-22/h4-5,10-11,20H,6-9,19H2,1-3H3. The van der Waals surface area contributed by atoms with E-state index in [9.17, 15) is 4.79 Å². The Morgan fingerprint density at radius 2 is 1.88 bits per heavy atom. The molecule has 0 saturated carbocycles. The molecule has 1 saturated heterocycles. The second kappa shape index (κ2) is 6.83. The molecular weight excluding hydrogens is 320 g/mol. The quantitative estimate of drug-likeness (QED) is 0.840. The number of piperazine rings is 1. The van der Waals surface area contributed by atoms with Gasteiger partial charge in [-0.15, -0.1) is 11.3 Å². The van der Waals surface area contributed by atoms with Gasteiger partial charge in [0.2, 0.25) is 0 Å². The molecule has 24 heavy (non-hydrogen) atoms. The molecule has 1 fully saturated rings. The third kappa shape index (κ3) is 3.55. The van der Waals surface area contributed by atoms with E-state index in [1.165, 1.54) is 0 Å². The first-order valence-electron chi connectivity index (χ1n) is 8.15. The number of carbonyl (C=O) groups excluding carboxylic acids is 1. The zero-order chi connectivity index (χ0) is 17.3. The summed E-state index contributed by atoms with van der Waals surface area (Å²) in [4.78, 5) is 18.2. The van der Waals surface area contributed by atoms with Crippen molar-refractivity contribution in [3.8, 4) is 0 Å². The van der Waals surface area contributed by atoms with Gasteiger partial charge in [0.25, 0.3) is 5.91 Å². The zero-order valence-electron chi connectivity index (χ0n) is 14.4. The van der Waals surface area contributed by atoms with Crippen LogP contribution in [0.2, 0.25) is 0 Å². The summed E-state index contributed by atoms with van der Waals surface area (Å²) < 4.78 is 0. The van der Waals surface area contributed by atoms with Gasteiger partial charge in [0.05, 0.1) is 16.9 Å². The Labute approximate surface area is 147 Å². The number of nitrogens with one attached hydrogen (secondary N) is 1. The highest BCUT2D eigenvalue weighted by atomic mass is 32.1. The van der Waals surface area contributed by atoms with E-state index in [2.05, 4.69) is 17.3 Å². The van der Waals surface area contributed by atoms with E-state index in [1.807, 2.05) is 43.0 Å². The highest BCUT2D eigenvalue weighted by molar-refractivity contribution is 7.16. The first-order chi connectivity index (χ1) is 11.4. The van der Waals surface area contributed by atoms with Gasteiger partial charge < -0.3 is 20.9 Å². The molecule has 2 aromatic rings. The van der Waals surface area contributed by atoms with Crippen LogP contribution in [-0.2, 0) is 0 Å². The van der Waals surface area contributed by atoms with Crippen LogP contribution in [0.3, 0.4) is 0 Å². The number of rotatable bonds is 3. The number of benzene rings is 1. The van der Waals surface area contributed by atoms with E-state index in [-0.39, 0.29) is 5.91 Å². The number of carbonyl (C=O) groups is 1. The van der Waals surface area contributed by atoms with Gasteiger partial charge >= 0.3 is 0 Å². The molecule has 0 radical (unpaired) electrons. The first-order valence-corrected chi connectivity index (χ1v) is 8.97. The molecule has 0 bridgehead atoms. The van der Waals surface area contributed by atoms with Crippen LogP contribution in [0.1, 0.15) is 20.8 Å². The molecule has 1 aliphatic rings. The van der Waals surface area contributed by atoms with Gasteiger partial charge in [0.1, 0.15) is 5.00 Å². The number of hydrogen-bond donors (Lipinski definition) is 2. The van der Waals surface area contributed by atoms with Crippen molar-refractivity contribution < 1.29 is 4.79 Å². The number of nitrogens with zero attached hydrogens (tertiary/aromatic N) is 2. The highest BCUT2D eigenvalue weighted by Gasteiger charge is 2.24. The Bertz CT molecular complexity index is 747. The number of amides is 1. The molecule has 1 aliphatic heterocycles. The molecule has 0 unspecified atom stereocenters. The van der Waals surface area contributed by atoms with Crippen molar-refractivity contribution in [3.63, 3.8) is 0 Å². The maximum atomic E-state index is 12.9. The Morgan fingerprint density at radius 3 is 2.54 bits per heavy atom. The average molecular weight is 344 g/mol. The average Bonchev–Trinajstić information content (AvgIpc) is 2.91. The second-order valence-corrected chi connectivity index (χ2v) is 7.67. The van der Waals surface area contributed by atoms with Crippen molar-refractivity contribution in [1.29, 1.82) is 0 Å². The van der Waals surface area contributed by atoms with Crippen LogP contribution in [0.15, 0.2) is 24.3 Å². The van der Waals surface area contributed by atoms with Crippen molar-refractivity contribution in [2.75, 3.05) is 44.3 Å². The SMILES string of the molecule is Cc1ccc(Nc2sc(C)cc2C(=O)N2CCN(C)CC2)c(N)c1. The molecule has 5 nitrogen and oxygen atoms in total. The van der Waals surface area contributed by atoms with E-state index in [1.54, 1.807) is 11.3 Å². The maximum Gasteiger partial charge on any atom is 0.256 e. The van der Waals surface area contributed by atoms with Crippen molar-refractivity contribution in [2.45, 2.75) is 13.8 Å². The molecule has 6 heteroatoms. The van der Waals surface area contributed by atoms with Gasteiger partial charge in [0.15, 0.2) is 0 Å². The van der Waals surface area contributed by atoms with Crippen LogP contribution in [0, 0.1) is 13.8 Å². The minimum Gasteiger partial charge on any atom is -0.397 e. The van der Waals surface area contributed by atoms with E-state index in [4.69, 9.17) is 5.73 Å². The molecule has 1 amide bonds. The number of nitrogens with two attached hydrogens (primary N) is 1. The monoisotopic (exact) mass is 344 g/mol. The number of thiophene rings is 1. The maximum absolute atomic E-state index is 12.9. The van der Waals surface area contributed by atoms with Crippen LogP contribution in [0.4, 0.5) is 16.4 Å². The lowest BCUT2D eigenvalue weighted by Crippen LogP contribution is -2.47. The summed E-state index contributed by atoms with van der Waals surface area (Å²) >= 11 is 1.59. The minimum atomic E-state index is 0.0978. The largest absolute Gasteiger partial charge is 0.397 e. The van der Waals surface area contributed by atoms with E-state index < -0.39 is 0 Å². The molecule has 3 rings (SSSR count). The van der Waals surface area contributed by atoms with Gasteiger partial charge in [-0.05, 0) is 44.7 Å². The summed E-state index contributed by atoms with van der Waals surface area (Å²) in [6.45, 7) is 7.42. The number of aryl methyl sites for hydroxylation is 2. The number of likely N-dealkylation sites (N-methyl/N-ethyl adjacent to an activating group) is 1. The Morgan fingerprint density at radius 1 is 1.17 bits per heavy atom. The van der Waals surface area contributed by atoms with Crippen LogP contribution < -0.4 is 11.1 Å². The molecule has 3 N–H and O–H groups in total. The Hall–Kier alpha value is -2.05. The number of nitrogen functional groups attached to an aromatic ring is 1. The van der Waals surface area contributed by atoms with Crippen molar-refractivity contribution in [2.24, 2.45) is 0 Å². The molecule has 2 heterocycles. The molecule has 1 aromatic carbocycles. The lowest BCUT2D eigenvalue weighted by Gasteiger charge is -2.32. The summed E-state index contributed by atoms with van der Waals surface area (Å²) in [7, 11) is 2.09. The van der Waals surface area contributed by atoms with Crippen LogP contribution >= 0.6 is 11.3 Å². The molecule has 128 valence electrons. The van der Waals surface area contributed by atoms with Gasteiger partial charge in [0, 0.05) is 31.1 Å². The smallest absolute Gasteiger partial charge is 0.256 e. The molecular formula is C18H24N4OS. The summed E-state index contributed by atoms with van der Waals surface area (Å²) in [6, 6.07) is 7.88. The summed E-state index contributed by atoms with van der Waals surface area (Å²) in [5, 5.41) is 4.22. The minimum absolute atomic E-state index is 0.0978. The molecule has 0 atom stereocenters. The zero-order valence-corrected chi connectivity index (χ0v) is 15.2. The second-order valence-electron chi connectivity index (χ2n) is 6.41. The third-order valence-electron chi connectivity index (χ3n) is 4.33. The predicted octanol–water partition coefficient (Wildman–Crippen LogP) is 3.08. The number of anilines is 3. The van der Waals surface area contributed by atoms with Crippen LogP contribution in [-0.4, -0.2) is 48.9 Å². The van der Waals surface area contributed by atoms with Gasteiger partial charge in [-0.1, -0.05) is 6.07 Å². The van der Waals surface area contributed by atoms with Gasteiger partial charge in [-0.3, -0.25) is 4.79 Å². The molecule has 0 aliphatic carbocycles. The topological polar surface area (TPSA) is 61.6 Å². The highest BCUT2D eigenvalue weighted by Crippen LogP contribution is 2.33. The van der Waals surface area contributed by atoms with Crippen LogP contribution in [0.5, 0.6) is 0 Å². The summed E-state index contributed by atoms with van der Waals surface area (Å²) in [5.74, 6) is 0.0978. The third-order valence-corrected chi connectivity index (χ3v) is 5.30. The fourth-order valence-corrected chi connectivity index (χ4v) is 3.78. The van der Waals surface area contributed by atoms with Crippen molar-refractivity contribution in [1.82, 2.24) is 9.80 Å². The Kier molecular flexibility index (Phi) is 4.78. The molecule has 1 aromatic heterocycles. The first kappa shape index (κ1) is 16.8. The fourth-order valence-electron chi connectivity index (χ4n) is 2.86. The lowest BCUT2D eigenvalue weighted by atomic mass is 10.2. The lowest BCUT2D eigenvalue weighted by molar-refractivity contribution is 0.0665. The van der Waals surface area contributed by atoms with E-state index in [0.29, 0.717) is 5.69 Å².